The molecule has 0 bridgehead atoms. The van der Waals surface area contributed by atoms with Gasteiger partial charge in [0.15, 0.2) is 0 Å². The normalized spacial score (nSPS) is 20.5. The number of carbonyl (C=O) groups excluding carboxylic acids is 2. The summed E-state index contributed by atoms with van der Waals surface area (Å²) in [5, 5.41) is 0. The number of nitrogens with zero attached hydrogens (tertiary/aromatic N) is 1. The summed E-state index contributed by atoms with van der Waals surface area (Å²) in [5.74, 6) is -0.865. The summed E-state index contributed by atoms with van der Waals surface area (Å²) in [6.45, 7) is 2.87. The highest BCUT2D eigenvalue weighted by atomic mass is 16.5. The van der Waals surface area contributed by atoms with E-state index >= 15 is 0 Å². The van der Waals surface area contributed by atoms with Crippen molar-refractivity contribution in [2.75, 3.05) is 13.7 Å². The van der Waals surface area contributed by atoms with Crippen LogP contribution in [0.15, 0.2) is 42.0 Å². The smallest absolute Gasteiger partial charge is 0.315 e. The van der Waals surface area contributed by atoms with Gasteiger partial charge in [-0.3, -0.25) is 9.59 Å². The lowest BCUT2D eigenvalue weighted by Crippen LogP contribution is -2.26. The Labute approximate surface area is 119 Å². The highest BCUT2D eigenvalue weighted by Crippen LogP contribution is 2.27. The van der Waals surface area contributed by atoms with Crippen molar-refractivity contribution in [2.45, 2.75) is 19.9 Å². The molecule has 106 valence electrons. The first-order valence-electron chi connectivity index (χ1n) is 6.78. The lowest BCUT2D eigenvalue weighted by atomic mass is 10.0. The number of amides is 1. The predicted octanol–water partition coefficient (Wildman–Crippen LogP) is 2.15. The molecule has 2 rings (SSSR count). The molecule has 1 aromatic carbocycles. The maximum atomic E-state index is 12.4. The zero-order valence-electron chi connectivity index (χ0n) is 11.8. The summed E-state index contributed by atoms with van der Waals surface area (Å²) in [4.78, 5) is 25.9. The number of benzene rings is 1. The molecule has 1 aliphatic rings. The first-order valence-corrected chi connectivity index (χ1v) is 6.78. The minimum Gasteiger partial charge on any atom is -0.468 e. The van der Waals surface area contributed by atoms with Gasteiger partial charge in [-0.25, -0.2) is 0 Å². The van der Waals surface area contributed by atoms with Gasteiger partial charge in [-0.1, -0.05) is 43.3 Å². The van der Waals surface area contributed by atoms with Crippen molar-refractivity contribution in [3.05, 3.63) is 47.5 Å². The van der Waals surface area contributed by atoms with Crippen molar-refractivity contribution in [1.29, 1.82) is 0 Å². The number of hydrogen-bond donors (Lipinski definition) is 0. The van der Waals surface area contributed by atoms with Crippen LogP contribution in [0.5, 0.6) is 0 Å². The maximum Gasteiger partial charge on any atom is 0.315 e. The van der Waals surface area contributed by atoms with E-state index in [4.69, 9.17) is 4.74 Å². The van der Waals surface area contributed by atoms with E-state index in [1.54, 1.807) is 4.90 Å². The molecule has 1 saturated heterocycles. The fourth-order valence-corrected chi connectivity index (χ4v) is 2.47. The van der Waals surface area contributed by atoms with Gasteiger partial charge in [-0.05, 0) is 12.0 Å². The molecular weight excluding hydrogens is 254 g/mol. The van der Waals surface area contributed by atoms with Crippen LogP contribution in [0.2, 0.25) is 0 Å². The van der Waals surface area contributed by atoms with Crippen molar-refractivity contribution in [3.63, 3.8) is 0 Å². The summed E-state index contributed by atoms with van der Waals surface area (Å²) in [6.07, 6.45) is 2.56. The van der Waals surface area contributed by atoms with Crippen LogP contribution in [0.4, 0.5) is 0 Å². The Morgan fingerprint density at radius 2 is 2.10 bits per heavy atom. The third kappa shape index (κ3) is 2.90. The average Bonchev–Trinajstić information content (AvgIpc) is 2.77. The average molecular weight is 273 g/mol. The van der Waals surface area contributed by atoms with Gasteiger partial charge in [0.1, 0.15) is 5.92 Å². The molecule has 1 heterocycles. The third-order valence-corrected chi connectivity index (χ3v) is 3.44. The molecule has 1 aliphatic heterocycles. The molecule has 0 N–H and O–H groups in total. The molecule has 4 heteroatoms. The summed E-state index contributed by atoms with van der Waals surface area (Å²) in [7, 11) is 1.36. The molecular formula is C16H19NO3. The molecule has 4 nitrogen and oxygen atoms in total. The van der Waals surface area contributed by atoms with Gasteiger partial charge in [0.25, 0.3) is 5.91 Å². The molecule has 1 fully saturated rings. The van der Waals surface area contributed by atoms with Gasteiger partial charge in [0.2, 0.25) is 0 Å². The maximum absolute atomic E-state index is 12.4. The van der Waals surface area contributed by atoms with Crippen molar-refractivity contribution in [1.82, 2.24) is 4.90 Å². The van der Waals surface area contributed by atoms with E-state index < -0.39 is 5.92 Å². The van der Waals surface area contributed by atoms with Crippen molar-refractivity contribution in [3.8, 4) is 0 Å². The standard InChI is InChI=1S/C16H19NO3/c1-3-7-13-14(16(19)20-2)11-17(15(13)18)10-12-8-5-4-6-9-12/h4-9,14H,3,10-11H2,1-2H3/b13-7+. The molecule has 1 amide bonds. The van der Waals surface area contributed by atoms with Crippen molar-refractivity contribution < 1.29 is 14.3 Å². The number of methoxy groups -OCH3 is 1. The molecule has 20 heavy (non-hydrogen) atoms. The molecule has 0 aromatic heterocycles. The monoisotopic (exact) mass is 273 g/mol. The van der Waals surface area contributed by atoms with E-state index in [1.807, 2.05) is 43.3 Å². The van der Waals surface area contributed by atoms with Crippen LogP contribution >= 0.6 is 0 Å². The Bertz CT molecular complexity index is 522. The zero-order valence-corrected chi connectivity index (χ0v) is 11.8. The van der Waals surface area contributed by atoms with Crippen LogP contribution < -0.4 is 0 Å². The fourth-order valence-electron chi connectivity index (χ4n) is 2.47. The molecule has 0 radical (unpaired) electrons. The quantitative estimate of drug-likeness (QED) is 0.624. The third-order valence-electron chi connectivity index (χ3n) is 3.44. The van der Waals surface area contributed by atoms with Crippen LogP contribution in [0, 0.1) is 5.92 Å². The van der Waals surface area contributed by atoms with Gasteiger partial charge in [0.05, 0.1) is 7.11 Å². The number of carbonyl (C=O) groups is 2. The summed E-state index contributed by atoms with van der Waals surface area (Å²) in [6, 6.07) is 9.77. The van der Waals surface area contributed by atoms with Gasteiger partial charge < -0.3 is 9.64 Å². The lowest BCUT2D eigenvalue weighted by Gasteiger charge is -2.15. The lowest BCUT2D eigenvalue weighted by molar-refractivity contribution is -0.143. The highest BCUT2D eigenvalue weighted by Gasteiger charge is 2.39. The summed E-state index contributed by atoms with van der Waals surface area (Å²) >= 11 is 0. The Morgan fingerprint density at radius 3 is 2.70 bits per heavy atom. The SMILES string of the molecule is CC/C=C1/C(=O)N(Cc2ccccc2)CC1C(=O)OC. The van der Waals surface area contributed by atoms with E-state index in [2.05, 4.69) is 0 Å². The summed E-state index contributed by atoms with van der Waals surface area (Å²) < 4.78 is 4.80. The summed E-state index contributed by atoms with van der Waals surface area (Å²) in [5.41, 5.74) is 1.62. The number of likely N-dealkylation sites (tertiary alicyclic amines) is 1. The second-order valence-corrected chi connectivity index (χ2v) is 4.81. The molecule has 1 unspecified atom stereocenters. The van der Waals surface area contributed by atoms with Gasteiger partial charge in [-0.15, -0.1) is 0 Å². The minimum atomic E-state index is -0.462. The Morgan fingerprint density at radius 1 is 1.40 bits per heavy atom. The first-order chi connectivity index (χ1) is 9.67. The predicted molar refractivity (Wildman–Crippen MR) is 75.7 cm³/mol. The van der Waals surface area contributed by atoms with Crippen LogP contribution in [-0.2, 0) is 20.9 Å². The molecule has 1 atom stereocenters. The van der Waals surface area contributed by atoms with E-state index in [-0.39, 0.29) is 11.9 Å². The van der Waals surface area contributed by atoms with Gasteiger partial charge in [0, 0.05) is 18.7 Å². The van der Waals surface area contributed by atoms with Gasteiger partial charge in [-0.2, -0.15) is 0 Å². The van der Waals surface area contributed by atoms with Crippen molar-refractivity contribution >= 4 is 11.9 Å². The fraction of sp³-hybridized carbons (Fsp3) is 0.375. The van der Waals surface area contributed by atoms with Crippen molar-refractivity contribution in [2.24, 2.45) is 5.92 Å². The minimum absolute atomic E-state index is 0.0638. The number of esters is 1. The highest BCUT2D eigenvalue weighted by molar-refractivity contribution is 6.02. The first kappa shape index (κ1) is 14.3. The van der Waals surface area contributed by atoms with Crippen LogP contribution in [0.25, 0.3) is 0 Å². The molecule has 0 aliphatic carbocycles. The molecule has 0 spiro atoms. The Balaban J connectivity index is 2.18. The topological polar surface area (TPSA) is 46.6 Å². The van der Waals surface area contributed by atoms with E-state index in [0.717, 1.165) is 12.0 Å². The van der Waals surface area contributed by atoms with E-state index in [0.29, 0.717) is 18.7 Å². The van der Waals surface area contributed by atoms with Crippen LogP contribution in [0.3, 0.4) is 0 Å². The molecule has 0 saturated carbocycles. The zero-order chi connectivity index (χ0) is 14.5. The van der Waals surface area contributed by atoms with E-state index in [9.17, 15) is 9.59 Å². The Kier molecular flexibility index (Phi) is 4.56. The van der Waals surface area contributed by atoms with Gasteiger partial charge >= 0.3 is 5.97 Å². The second kappa shape index (κ2) is 6.37. The number of ether oxygens (including phenoxy) is 1. The number of allylic oxidation sites excluding steroid dienone is 1. The number of hydrogen-bond acceptors (Lipinski definition) is 3. The Hall–Kier alpha value is -2.10. The largest absolute Gasteiger partial charge is 0.468 e. The van der Waals surface area contributed by atoms with E-state index in [1.165, 1.54) is 7.11 Å². The van der Waals surface area contributed by atoms with Crippen LogP contribution in [0.1, 0.15) is 18.9 Å². The second-order valence-electron chi connectivity index (χ2n) is 4.81. The molecule has 1 aromatic rings. The number of rotatable bonds is 4. The van der Waals surface area contributed by atoms with Crippen LogP contribution in [-0.4, -0.2) is 30.4 Å².